The molecule has 0 spiro atoms. The first-order valence-electron chi connectivity index (χ1n) is 8.21. The topological polar surface area (TPSA) is 46.6 Å². The number of hydrogen-bond acceptors (Lipinski definition) is 3. The number of rotatable bonds is 7. The molecule has 1 saturated carbocycles. The van der Waals surface area contributed by atoms with E-state index in [0.717, 1.165) is 32.1 Å². The van der Waals surface area contributed by atoms with Gasteiger partial charge < -0.3 is 4.74 Å². The molecule has 4 nitrogen and oxygen atoms in total. The standard InChI is InChI=1S/C16H27NO3/c1-2-3-4-9-14-12-20-16(19)17(14)15(18)11-10-13-7-5-6-8-13/h13-14H,2-12H2,1H3/t14-/m0/s1. The Hall–Kier alpha value is -1.06. The first-order chi connectivity index (χ1) is 9.72. The Kier molecular flexibility index (Phi) is 5.86. The second-order valence-electron chi connectivity index (χ2n) is 6.18. The molecule has 0 bridgehead atoms. The summed E-state index contributed by atoms with van der Waals surface area (Å²) in [5, 5.41) is 0. The lowest BCUT2D eigenvalue weighted by Gasteiger charge is -2.20. The maximum Gasteiger partial charge on any atom is 0.416 e. The molecular weight excluding hydrogens is 254 g/mol. The fourth-order valence-corrected chi connectivity index (χ4v) is 3.36. The molecular formula is C16H27NO3. The average molecular weight is 281 g/mol. The van der Waals surface area contributed by atoms with E-state index < -0.39 is 6.09 Å². The Morgan fingerprint density at radius 2 is 2.00 bits per heavy atom. The minimum atomic E-state index is -0.428. The smallest absolute Gasteiger partial charge is 0.416 e. The van der Waals surface area contributed by atoms with Gasteiger partial charge >= 0.3 is 6.09 Å². The molecule has 0 radical (unpaired) electrons. The molecule has 1 heterocycles. The molecule has 1 atom stereocenters. The summed E-state index contributed by atoms with van der Waals surface area (Å²) >= 11 is 0. The number of unbranched alkanes of at least 4 members (excludes halogenated alkanes) is 2. The van der Waals surface area contributed by atoms with Crippen LogP contribution < -0.4 is 0 Å². The Morgan fingerprint density at radius 1 is 1.25 bits per heavy atom. The highest BCUT2D eigenvalue weighted by atomic mass is 16.6. The zero-order chi connectivity index (χ0) is 14.4. The van der Waals surface area contributed by atoms with Gasteiger partial charge in [-0.15, -0.1) is 0 Å². The van der Waals surface area contributed by atoms with Crippen LogP contribution in [0.15, 0.2) is 0 Å². The van der Waals surface area contributed by atoms with Gasteiger partial charge in [0, 0.05) is 6.42 Å². The van der Waals surface area contributed by atoms with Crippen molar-refractivity contribution in [3.05, 3.63) is 0 Å². The Balaban J connectivity index is 1.79. The van der Waals surface area contributed by atoms with Gasteiger partial charge in [0.15, 0.2) is 0 Å². The predicted octanol–water partition coefficient (Wildman–Crippen LogP) is 3.88. The van der Waals surface area contributed by atoms with Crippen LogP contribution in [0.4, 0.5) is 4.79 Å². The normalized spacial score (nSPS) is 23.4. The predicted molar refractivity (Wildman–Crippen MR) is 77.3 cm³/mol. The summed E-state index contributed by atoms with van der Waals surface area (Å²) in [7, 11) is 0. The molecule has 2 aliphatic rings. The van der Waals surface area contributed by atoms with Gasteiger partial charge in [0.1, 0.15) is 6.61 Å². The first kappa shape index (κ1) is 15.3. The van der Waals surface area contributed by atoms with Crippen molar-refractivity contribution in [2.75, 3.05) is 6.61 Å². The van der Waals surface area contributed by atoms with Gasteiger partial charge in [0.2, 0.25) is 5.91 Å². The molecule has 1 saturated heterocycles. The highest BCUT2D eigenvalue weighted by Gasteiger charge is 2.37. The van der Waals surface area contributed by atoms with Crippen molar-refractivity contribution in [3.63, 3.8) is 0 Å². The van der Waals surface area contributed by atoms with Crippen molar-refractivity contribution >= 4 is 12.0 Å². The molecule has 1 aliphatic carbocycles. The zero-order valence-corrected chi connectivity index (χ0v) is 12.6. The van der Waals surface area contributed by atoms with E-state index in [4.69, 9.17) is 4.74 Å². The van der Waals surface area contributed by atoms with Gasteiger partial charge in [0.05, 0.1) is 6.04 Å². The van der Waals surface area contributed by atoms with Crippen LogP contribution in [0, 0.1) is 5.92 Å². The number of carbonyl (C=O) groups excluding carboxylic acids is 2. The van der Waals surface area contributed by atoms with Crippen molar-refractivity contribution in [2.45, 2.75) is 77.2 Å². The Morgan fingerprint density at radius 3 is 2.70 bits per heavy atom. The second kappa shape index (κ2) is 7.65. The van der Waals surface area contributed by atoms with E-state index in [9.17, 15) is 9.59 Å². The van der Waals surface area contributed by atoms with Gasteiger partial charge in [-0.1, -0.05) is 51.9 Å². The molecule has 1 aliphatic heterocycles. The number of ether oxygens (including phenoxy) is 1. The van der Waals surface area contributed by atoms with Crippen molar-refractivity contribution in [1.82, 2.24) is 4.90 Å². The highest BCUT2D eigenvalue weighted by molar-refractivity contribution is 5.93. The zero-order valence-electron chi connectivity index (χ0n) is 12.6. The van der Waals surface area contributed by atoms with Crippen LogP contribution >= 0.6 is 0 Å². The van der Waals surface area contributed by atoms with E-state index >= 15 is 0 Å². The first-order valence-corrected chi connectivity index (χ1v) is 8.21. The molecule has 0 N–H and O–H groups in total. The number of hydrogen-bond donors (Lipinski definition) is 0. The van der Waals surface area contributed by atoms with Crippen LogP contribution in [-0.2, 0) is 9.53 Å². The maximum absolute atomic E-state index is 12.3. The van der Waals surface area contributed by atoms with Crippen LogP contribution in [0.5, 0.6) is 0 Å². The summed E-state index contributed by atoms with van der Waals surface area (Å²) in [6.45, 7) is 2.54. The number of nitrogens with zero attached hydrogens (tertiary/aromatic N) is 1. The summed E-state index contributed by atoms with van der Waals surface area (Å²) in [6.07, 6.45) is 10.3. The third-order valence-corrected chi connectivity index (χ3v) is 4.61. The minimum absolute atomic E-state index is 0.0230. The molecule has 2 amide bonds. The maximum atomic E-state index is 12.3. The molecule has 4 heteroatoms. The molecule has 114 valence electrons. The molecule has 0 aromatic carbocycles. The molecule has 0 aromatic heterocycles. The van der Waals surface area contributed by atoms with Crippen molar-refractivity contribution in [3.8, 4) is 0 Å². The largest absolute Gasteiger partial charge is 0.447 e. The van der Waals surface area contributed by atoms with E-state index in [0.29, 0.717) is 18.9 Å². The molecule has 20 heavy (non-hydrogen) atoms. The third kappa shape index (κ3) is 3.97. The van der Waals surface area contributed by atoms with Crippen LogP contribution in [0.25, 0.3) is 0 Å². The van der Waals surface area contributed by atoms with E-state index in [-0.39, 0.29) is 11.9 Å². The van der Waals surface area contributed by atoms with Gasteiger partial charge in [-0.2, -0.15) is 0 Å². The van der Waals surface area contributed by atoms with E-state index in [1.54, 1.807) is 0 Å². The second-order valence-corrected chi connectivity index (χ2v) is 6.18. The van der Waals surface area contributed by atoms with Crippen LogP contribution in [0.2, 0.25) is 0 Å². The SMILES string of the molecule is CCCCC[C@H]1COC(=O)N1C(=O)CCC1CCCC1. The fraction of sp³-hybridized carbons (Fsp3) is 0.875. The summed E-state index contributed by atoms with van der Waals surface area (Å²) in [6, 6.07) is -0.0230. The lowest BCUT2D eigenvalue weighted by Crippen LogP contribution is -2.39. The van der Waals surface area contributed by atoms with Crippen LogP contribution in [0.1, 0.15) is 71.1 Å². The van der Waals surface area contributed by atoms with E-state index in [1.807, 2.05) is 0 Å². The molecule has 2 rings (SSSR count). The van der Waals surface area contributed by atoms with Gasteiger partial charge in [-0.25, -0.2) is 9.69 Å². The van der Waals surface area contributed by atoms with E-state index in [1.165, 1.54) is 30.6 Å². The number of amides is 2. The van der Waals surface area contributed by atoms with Gasteiger partial charge in [-0.05, 0) is 18.8 Å². The molecule has 0 aromatic rings. The lowest BCUT2D eigenvalue weighted by molar-refractivity contribution is -0.129. The average Bonchev–Trinajstić information content (AvgIpc) is 3.06. The number of cyclic esters (lactones) is 1. The molecule has 2 fully saturated rings. The monoisotopic (exact) mass is 281 g/mol. The lowest BCUT2D eigenvalue weighted by atomic mass is 10.0. The Labute approximate surface area is 121 Å². The summed E-state index contributed by atoms with van der Waals surface area (Å²) in [4.78, 5) is 25.4. The summed E-state index contributed by atoms with van der Waals surface area (Å²) in [5.41, 5.74) is 0. The van der Waals surface area contributed by atoms with Crippen molar-refractivity contribution in [1.29, 1.82) is 0 Å². The number of imide groups is 1. The molecule has 0 unspecified atom stereocenters. The van der Waals surface area contributed by atoms with Crippen LogP contribution in [-0.4, -0.2) is 29.5 Å². The summed E-state index contributed by atoms with van der Waals surface area (Å²) in [5.74, 6) is 0.664. The van der Waals surface area contributed by atoms with Gasteiger partial charge in [-0.3, -0.25) is 4.79 Å². The van der Waals surface area contributed by atoms with E-state index in [2.05, 4.69) is 6.92 Å². The minimum Gasteiger partial charge on any atom is -0.447 e. The highest BCUT2D eigenvalue weighted by Crippen LogP contribution is 2.29. The Bertz CT molecular complexity index is 337. The quantitative estimate of drug-likeness (QED) is 0.665. The van der Waals surface area contributed by atoms with Crippen molar-refractivity contribution in [2.24, 2.45) is 5.92 Å². The van der Waals surface area contributed by atoms with Gasteiger partial charge in [0.25, 0.3) is 0 Å². The fourth-order valence-electron chi connectivity index (χ4n) is 3.36. The summed E-state index contributed by atoms with van der Waals surface area (Å²) < 4.78 is 5.07. The van der Waals surface area contributed by atoms with Crippen LogP contribution in [0.3, 0.4) is 0 Å². The third-order valence-electron chi connectivity index (χ3n) is 4.61. The number of carbonyl (C=O) groups is 2. The van der Waals surface area contributed by atoms with Crippen molar-refractivity contribution < 1.29 is 14.3 Å².